The molecule has 0 bridgehead atoms. The molecule has 7 nitrogen and oxygen atoms in total. The van der Waals surface area contributed by atoms with E-state index >= 15 is 0 Å². The van der Waals surface area contributed by atoms with Gasteiger partial charge >= 0.3 is 0 Å². The number of benzene rings is 1. The van der Waals surface area contributed by atoms with Crippen molar-refractivity contribution in [2.75, 3.05) is 45.3 Å². The molecule has 2 unspecified atom stereocenters. The van der Waals surface area contributed by atoms with Gasteiger partial charge in [0, 0.05) is 55.3 Å². The van der Waals surface area contributed by atoms with E-state index in [-0.39, 0.29) is 5.91 Å². The lowest BCUT2D eigenvalue weighted by molar-refractivity contribution is 0.0779. The highest BCUT2D eigenvalue weighted by atomic mass is 16.5. The summed E-state index contributed by atoms with van der Waals surface area (Å²) in [5.41, 5.74) is 3.17. The number of hydrogen-bond donors (Lipinski definition) is 0. The van der Waals surface area contributed by atoms with Crippen LogP contribution >= 0.6 is 0 Å². The highest BCUT2D eigenvalue weighted by Crippen LogP contribution is 2.38. The monoisotopic (exact) mass is 408 g/mol. The molecule has 0 radical (unpaired) electrons. The first kappa shape index (κ1) is 19.2. The number of fused-ring (bicyclic) bond motifs is 2. The zero-order valence-electron chi connectivity index (χ0n) is 17.9. The molecule has 3 aliphatic rings. The average molecular weight is 409 g/mol. The van der Waals surface area contributed by atoms with Crippen LogP contribution in [0.2, 0.25) is 0 Å². The van der Waals surface area contributed by atoms with Gasteiger partial charge < -0.3 is 19.3 Å². The number of likely N-dealkylation sites (tertiary alicyclic amines) is 1. The molecule has 7 heteroatoms. The highest BCUT2D eigenvalue weighted by molar-refractivity contribution is 5.97. The van der Waals surface area contributed by atoms with Gasteiger partial charge in [-0.15, -0.1) is 0 Å². The number of amides is 1. The molecular formula is C23H28N4O3. The van der Waals surface area contributed by atoms with Crippen LogP contribution in [0.5, 0.6) is 11.5 Å². The first-order valence-electron chi connectivity index (χ1n) is 10.7. The van der Waals surface area contributed by atoms with Gasteiger partial charge in [-0.2, -0.15) is 0 Å². The summed E-state index contributed by atoms with van der Waals surface area (Å²) in [6.07, 6.45) is 3.32. The van der Waals surface area contributed by atoms with Gasteiger partial charge in [-0.1, -0.05) is 0 Å². The third kappa shape index (κ3) is 3.16. The number of aromatic nitrogens is 2. The molecule has 1 aromatic heterocycles. The Morgan fingerprint density at radius 3 is 2.50 bits per heavy atom. The van der Waals surface area contributed by atoms with E-state index in [4.69, 9.17) is 14.5 Å². The number of carbonyl (C=O) groups is 1. The van der Waals surface area contributed by atoms with E-state index in [2.05, 4.69) is 9.88 Å². The van der Waals surface area contributed by atoms with Gasteiger partial charge in [-0.25, -0.2) is 9.97 Å². The van der Waals surface area contributed by atoms with E-state index in [1.807, 2.05) is 17.9 Å². The molecule has 0 saturated carbocycles. The molecule has 1 aromatic carbocycles. The number of carbonyl (C=O) groups excluding carboxylic acids is 1. The van der Waals surface area contributed by atoms with Crippen LogP contribution in [0.15, 0.2) is 18.2 Å². The fourth-order valence-corrected chi connectivity index (χ4v) is 5.27. The Hall–Kier alpha value is -2.83. The summed E-state index contributed by atoms with van der Waals surface area (Å²) >= 11 is 0. The zero-order valence-corrected chi connectivity index (χ0v) is 17.9. The van der Waals surface area contributed by atoms with Crippen LogP contribution in [0, 0.1) is 18.8 Å². The predicted molar refractivity (Wildman–Crippen MR) is 113 cm³/mol. The molecule has 158 valence electrons. The van der Waals surface area contributed by atoms with Crippen molar-refractivity contribution in [3.8, 4) is 11.5 Å². The molecule has 30 heavy (non-hydrogen) atoms. The second kappa shape index (κ2) is 7.45. The minimum atomic E-state index is 0.0363. The maximum atomic E-state index is 13.2. The van der Waals surface area contributed by atoms with E-state index in [0.29, 0.717) is 28.9 Å². The number of nitrogens with zero attached hydrogens (tertiary/aromatic N) is 4. The van der Waals surface area contributed by atoms with Crippen molar-refractivity contribution in [1.29, 1.82) is 0 Å². The lowest BCUT2D eigenvalue weighted by Gasteiger charge is -2.24. The number of rotatable bonds is 4. The van der Waals surface area contributed by atoms with Crippen LogP contribution in [0.1, 0.15) is 33.9 Å². The largest absolute Gasteiger partial charge is 0.497 e. The number of anilines is 1. The van der Waals surface area contributed by atoms with E-state index in [9.17, 15) is 4.79 Å². The topological polar surface area (TPSA) is 67.8 Å². The van der Waals surface area contributed by atoms with E-state index in [0.717, 1.165) is 50.7 Å². The molecule has 2 atom stereocenters. The second-order valence-electron chi connectivity index (χ2n) is 8.57. The van der Waals surface area contributed by atoms with Crippen LogP contribution in [0.4, 0.5) is 5.82 Å². The van der Waals surface area contributed by atoms with Crippen molar-refractivity contribution in [3.05, 3.63) is 40.8 Å². The van der Waals surface area contributed by atoms with Crippen molar-refractivity contribution in [3.63, 3.8) is 0 Å². The molecule has 5 rings (SSSR count). The molecule has 3 heterocycles. The predicted octanol–water partition coefficient (Wildman–Crippen LogP) is 2.50. The van der Waals surface area contributed by atoms with Gasteiger partial charge in [0.1, 0.15) is 23.1 Å². The molecule has 0 spiro atoms. The Labute approximate surface area is 177 Å². The number of methoxy groups -OCH3 is 2. The Kier molecular flexibility index (Phi) is 4.76. The Morgan fingerprint density at radius 1 is 1.03 bits per heavy atom. The summed E-state index contributed by atoms with van der Waals surface area (Å²) in [7, 11) is 3.20. The van der Waals surface area contributed by atoms with Gasteiger partial charge in [0.15, 0.2) is 0 Å². The molecule has 0 N–H and O–H groups in total. The average Bonchev–Trinajstić information content (AvgIpc) is 3.46. The number of ether oxygens (including phenoxy) is 2. The molecule has 2 saturated heterocycles. The van der Waals surface area contributed by atoms with E-state index in [1.54, 1.807) is 26.4 Å². The standard InChI is InChI=1S/C23H28N4O3/c1-14-24-20-6-4-5-18(20)22(25-14)26-10-15-12-27(13-16(15)11-26)23(28)19-8-7-17(29-2)9-21(19)30-3/h7-9,15-16H,4-6,10-13H2,1-3H3. The zero-order chi connectivity index (χ0) is 20.8. The van der Waals surface area contributed by atoms with Crippen molar-refractivity contribution in [2.24, 2.45) is 11.8 Å². The van der Waals surface area contributed by atoms with Crippen LogP contribution in [-0.4, -0.2) is 61.2 Å². The number of aryl methyl sites for hydroxylation is 2. The fraction of sp³-hybridized carbons (Fsp3) is 0.522. The van der Waals surface area contributed by atoms with Gasteiger partial charge in [0.25, 0.3) is 5.91 Å². The summed E-state index contributed by atoms with van der Waals surface area (Å²) < 4.78 is 10.7. The van der Waals surface area contributed by atoms with Crippen LogP contribution in [0.25, 0.3) is 0 Å². The SMILES string of the molecule is COc1ccc(C(=O)N2CC3CN(c4nc(C)nc5c4CCC5)CC3C2)c(OC)c1. The molecule has 2 aliphatic heterocycles. The van der Waals surface area contributed by atoms with Crippen molar-refractivity contribution >= 4 is 11.7 Å². The maximum Gasteiger partial charge on any atom is 0.257 e. The maximum absolute atomic E-state index is 13.2. The third-order valence-corrected chi connectivity index (χ3v) is 6.74. The Bertz CT molecular complexity index is 979. The van der Waals surface area contributed by atoms with Gasteiger partial charge in [0.2, 0.25) is 0 Å². The lowest BCUT2D eigenvalue weighted by atomic mass is 10.0. The summed E-state index contributed by atoms with van der Waals surface area (Å²) in [5, 5.41) is 0. The summed E-state index contributed by atoms with van der Waals surface area (Å²) in [4.78, 5) is 27.0. The van der Waals surface area contributed by atoms with Crippen molar-refractivity contribution in [1.82, 2.24) is 14.9 Å². The lowest BCUT2D eigenvalue weighted by Crippen LogP contribution is -2.34. The number of hydrogen-bond acceptors (Lipinski definition) is 6. The Balaban J connectivity index is 1.31. The minimum Gasteiger partial charge on any atom is -0.497 e. The normalized spacial score (nSPS) is 22.2. The summed E-state index contributed by atoms with van der Waals surface area (Å²) in [5.74, 6) is 4.24. The van der Waals surface area contributed by atoms with Gasteiger partial charge in [0.05, 0.1) is 19.8 Å². The summed E-state index contributed by atoms with van der Waals surface area (Å²) in [6.45, 7) is 5.46. The van der Waals surface area contributed by atoms with E-state index in [1.165, 1.54) is 17.7 Å². The van der Waals surface area contributed by atoms with E-state index < -0.39 is 0 Å². The Morgan fingerprint density at radius 2 is 1.80 bits per heavy atom. The first-order valence-corrected chi connectivity index (χ1v) is 10.7. The van der Waals surface area contributed by atoms with Gasteiger partial charge in [-0.05, 0) is 38.3 Å². The van der Waals surface area contributed by atoms with Crippen LogP contribution < -0.4 is 14.4 Å². The van der Waals surface area contributed by atoms with Crippen LogP contribution in [0.3, 0.4) is 0 Å². The fourth-order valence-electron chi connectivity index (χ4n) is 5.27. The highest BCUT2D eigenvalue weighted by Gasteiger charge is 2.43. The quantitative estimate of drug-likeness (QED) is 0.774. The molecule has 2 aromatic rings. The van der Waals surface area contributed by atoms with Crippen LogP contribution in [-0.2, 0) is 12.8 Å². The molecule has 1 amide bonds. The second-order valence-corrected chi connectivity index (χ2v) is 8.57. The minimum absolute atomic E-state index is 0.0363. The first-order chi connectivity index (χ1) is 14.6. The van der Waals surface area contributed by atoms with Gasteiger partial charge in [-0.3, -0.25) is 4.79 Å². The molecular weight excluding hydrogens is 380 g/mol. The molecule has 1 aliphatic carbocycles. The molecule has 2 fully saturated rings. The smallest absolute Gasteiger partial charge is 0.257 e. The van der Waals surface area contributed by atoms with Crippen molar-refractivity contribution in [2.45, 2.75) is 26.2 Å². The summed E-state index contributed by atoms with van der Waals surface area (Å²) in [6, 6.07) is 5.38. The third-order valence-electron chi connectivity index (χ3n) is 6.74. The van der Waals surface area contributed by atoms with Crippen molar-refractivity contribution < 1.29 is 14.3 Å².